The van der Waals surface area contributed by atoms with E-state index < -0.39 is 0 Å². The summed E-state index contributed by atoms with van der Waals surface area (Å²) in [5, 5.41) is 0. The van der Waals surface area contributed by atoms with Crippen LogP contribution in [0.5, 0.6) is 0 Å². The lowest BCUT2D eigenvalue weighted by molar-refractivity contribution is 0.662. The Bertz CT molecular complexity index is 243. The highest BCUT2D eigenvalue weighted by molar-refractivity contribution is 9.10. The van der Waals surface area contributed by atoms with E-state index in [1.165, 1.54) is 22.9 Å². The molecule has 1 radical (unpaired) electrons. The predicted molar refractivity (Wildman–Crippen MR) is 56.3 cm³/mol. The summed E-state index contributed by atoms with van der Waals surface area (Å²) in [6.45, 7) is 4.47. The van der Waals surface area contributed by atoms with Gasteiger partial charge in [-0.05, 0) is 30.0 Å². The summed E-state index contributed by atoms with van der Waals surface area (Å²) in [5.74, 6) is 0.616. The van der Waals surface area contributed by atoms with Gasteiger partial charge in [0.25, 0.3) is 0 Å². The van der Waals surface area contributed by atoms with Crippen LogP contribution in [0.2, 0.25) is 0 Å². The van der Waals surface area contributed by atoms with Crippen LogP contribution in [0.25, 0.3) is 0 Å². The predicted octanol–water partition coefficient (Wildman–Crippen LogP) is 4.15. The Hall–Kier alpha value is -0.300. The van der Waals surface area contributed by atoms with E-state index in [0.717, 1.165) is 0 Å². The second-order valence-electron chi connectivity index (χ2n) is 3.12. The van der Waals surface area contributed by atoms with Crippen LogP contribution in [-0.4, -0.2) is 0 Å². The van der Waals surface area contributed by atoms with Crippen LogP contribution in [-0.2, 0) is 0 Å². The maximum absolute atomic E-state index is 3.54. The first-order valence-corrected chi connectivity index (χ1v) is 5.21. The molecule has 1 rings (SSSR count). The topological polar surface area (TPSA) is 0 Å². The molecule has 0 aliphatic heterocycles. The van der Waals surface area contributed by atoms with Gasteiger partial charge in [-0.15, -0.1) is 0 Å². The molecule has 1 aromatic rings. The molecule has 0 spiro atoms. The maximum atomic E-state index is 3.54. The number of hydrogen-bond acceptors (Lipinski definition) is 0. The third-order valence-electron chi connectivity index (χ3n) is 2.05. The van der Waals surface area contributed by atoms with Gasteiger partial charge in [-0.1, -0.05) is 48.3 Å². The van der Waals surface area contributed by atoms with Crippen molar-refractivity contribution in [1.82, 2.24) is 0 Å². The minimum Gasteiger partial charge on any atom is -0.0654 e. The van der Waals surface area contributed by atoms with Crippen molar-refractivity contribution in [1.29, 1.82) is 0 Å². The highest BCUT2D eigenvalue weighted by Crippen LogP contribution is 2.26. The van der Waals surface area contributed by atoms with Crippen molar-refractivity contribution in [2.45, 2.75) is 32.6 Å². The number of halogens is 1. The molecule has 1 heteroatoms. The highest BCUT2D eigenvalue weighted by Gasteiger charge is 2.06. The fraction of sp³-hybridized carbons (Fsp3) is 0.455. The Morgan fingerprint density at radius 1 is 1.58 bits per heavy atom. The molecule has 1 atom stereocenters. The van der Waals surface area contributed by atoms with Gasteiger partial charge in [0.15, 0.2) is 0 Å². The fourth-order valence-electron chi connectivity index (χ4n) is 1.38. The van der Waals surface area contributed by atoms with Gasteiger partial charge in [-0.2, -0.15) is 0 Å². The lowest BCUT2D eigenvalue weighted by Crippen LogP contribution is -1.93. The average Bonchev–Trinajstić information content (AvgIpc) is 2.05. The molecule has 1 aromatic carbocycles. The van der Waals surface area contributed by atoms with Gasteiger partial charge in [-0.25, -0.2) is 0 Å². The normalized spacial score (nSPS) is 12.9. The van der Waals surface area contributed by atoms with Gasteiger partial charge >= 0.3 is 0 Å². The summed E-state index contributed by atoms with van der Waals surface area (Å²) in [6.07, 6.45) is 2.47. The zero-order valence-corrected chi connectivity index (χ0v) is 9.19. The van der Waals surface area contributed by atoms with Crippen LogP contribution in [0, 0.1) is 6.07 Å². The molecule has 0 aliphatic carbocycles. The number of hydrogen-bond donors (Lipinski definition) is 0. The second-order valence-corrected chi connectivity index (χ2v) is 3.98. The van der Waals surface area contributed by atoms with Crippen LogP contribution < -0.4 is 0 Å². The number of benzene rings is 1. The molecule has 0 N–H and O–H groups in total. The SMILES string of the molecule is CCCC(C)c1[c]cccc1Br. The van der Waals surface area contributed by atoms with Crippen molar-refractivity contribution in [2.75, 3.05) is 0 Å². The molecule has 0 heterocycles. The van der Waals surface area contributed by atoms with E-state index in [0.29, 0.717) is 5.92 Å². The lowest BCUT2D eigenvalue weighted by Gasteiger charge is -2.11. The van der Waals surface area contributed by atoms with Crippen molar-refractivity contribution < 1.29 is 0 Å². The first-order chi connectivity index (χ1) is 5.75. The van der Waals surface area contributed by atoms with Crippen LogP contribution in [0.3, 0.4) is 0 Å². The van der Waals surface area contributed by atoms with Crippen LogP contribution in [0.4, 0.5) is 0 Å². The molecule has 0 saturated heterocycles. The second kappa shape index (κ2) is 4.66. The van der Waals surface area contributed by atoms with Crippen molar-refractivity contribution in [2.24, 2.45) is 0 Å². The monoisotopic (exact) mass is 225 g/mol. The van der Waals surface area contributed by atoms with Crippen molar-refractivity contribution in [3.05, 3.63) is 34.3 Å². The Kier molecular flexibility index (Phi) is 3.80. The maximum Gasteiger partial charge on any atom is 0.0216 e. The van der Waals surface area contributed by atoms with Gasteiger partial charge in [0.1, 0.15) is 0 Å². The molecule has 0 nitrogen and oxygen atoms in total. The summed E-state index contributed by atoms with van der Waals surface area (Å²) in [6, 6.07) is 9.34. The molecular weight excluding hydrogens is 212 g/mol. The minimum absolute atomic E-state index is 0.616. The number of rotatable bonds is 3. The van der Waals surface area contributed by atoms with E-state index in [1.54, 1.807) is 0 Å². The molecular formula is C11H14Br. The summed E-state index contributed by atoms with van der Waals surface area (Å²) in [4.78, 5) is 0. The molecule has 0 bridgehead atoms. The Labute approximate surface area is 83.1 Å². The van der Waals surface area contributed by atoms with Crippen molar-refractivity contribution in [3.8, 4) is 0 Å². The van der Waals surface area contributed by atoms with Gasteiger partial charge in [0.05, 0.1) is 0 Å². The van der Waals surface area contributed by atoms with Gasteiger partial charge in [0.2, 0.25) is 0 Å². The zero-order valence-electron chi connectivity index (χ0n) is 7.60. The van der Waals surface area contributed by atoms with E-state index in [4.69, 9.17) is 0 Å². The first kappa shape index (κ1) is 9.79. The molecule has 0 saturated carbocycles. The Morgan fingerprint density at radius 3 is 2.92 bits per heavy atom. The smallest absolute Gasteiger partial charge is 0.0216 e. The minimum atomic E-state index is 0.616. The van der Waals surface area contributed by atoms with E-state index in [-0.39, 0.29) is 0 Å². The van der Waals surface area contributed by atoms with Gasteiger partial charge in [-0.3, -0.25) is 0 Å². The summed E-state index contributed by atoms with van der Waals surface area (Å²) in [7, 11) is 0. The van der Waals surface area contributed by atoms with Crippen LogP contribution in [0.15, 0.2) is 22.7 Å². The molecule has 12 heavy (non-hydrogen) atoms. The Morgan fingerprint density at radius 2 is 2.33 bits per heavy atom. The van der Waals surface area contributed by atoms with E-state index in [1.807, 2.05) is 12.1 Å². The van der Waals surface area contributed by atoms with Crippen molar-refractivity contribution in [3.63, 3.8) is 0 Å². The largest absolute Gasteiger partial charge is 0.0654 e. The molecule has 0 amide bonds. The molecule has 1 unspecified atom stereocenters. The first-order valence-electron chi connectivity index (χ1n) is 4.41. The fourth-order valence-corrected chi connectivity index (χ4v) is 2.04. The van der Waals surface area contributed by atoms with E-state index in [2.05, 4.69) is 41.9 Å². The molecule has 0 fully saturated rings. The third-order valence-corrected chi connectivity index (χ3v) is 2.74. The average molecular weight is 226 g/mol. The van der Waals surface area contributed by atoms with Gasteiger partial charge < -0.3 is 0 Å². The van der Waals surface area contributed by atoms with E-state index >= 15 is 0 Å². The van der Waals surface area contributed by atoms with Crippen molar-refractivity contribution >= 4 is 15.9 Å². The molecule has 0 aliphatic rings. The Balaban J connectivity index is 2.79. The van der Waals surface area contributed by atoms with E-state index in [9.17, 15) is 0 Å². The quantitative estimate of drug-likeness (QED) is 0.726. The molecule has 65 valence electrons. The van der Waals surface area contributed by atoms with Crippen LogP contribution >= 0.6 is 15.9 Å². The summed E-state index contributed by atoms with van der Waals surface area (Å²) in [5.41, 5.74) is 1.30. The molecule has 0 aromatic heterocycles. The standard InChI is InChI=1S/C11H14Br/c1-3-6-9(2)10-7-4-5-8-11(10)12/h4-5,8-9H,3,6H2,1-2H3. The summed E-state index contributed by atoms with van der Waals surface area (Å²) >= 11 is 3.54. The third kappa shape index (κ3) is 2.34. The highest BCUT2D eigenvalue weighted by atomic mass is 79.9. The zero-order chi connectivity index (χ0) is 8.97. The summed E-state index contributed by atoms with van der Waals surface area (Å²) < 4.78 is 1.19. The van der Waals surface area contributed by atoms with Crippen LogP contribution in [0.1, 0.15) is 38.2 Å². The lowest BCUT2D eigenvalue weighted by atomic mass is 9.97. The van der Waals surface area contributed by atoms with Gasteiger partial charge in [0, 0.05) is 4.47 Å².